The van der Waals surface area contributed by atoms with E-state index in [4.69, 9.17) is 5.11 Å². The predicted molar refractivity (Wildman–Crippen MR) is 74.7 cm³/mol. The van der Waals surface area contributed by atoms with Gasteiger partial charge in [-0.2, -0.15) is 0 Å². The van der Waals surface area contributed by atoms with E-state index in [0.717, 1.165) is 11.3 Å². The molecule has 1 heterocycles. The van der Waals surface area contributed by atoms with Crippen LogP contribution in [-0.2, 0) is 11.2 Å². The standard InChI is InChI=1S/C14H12FNO3S/c1-8-7-20-13(14(18)19)12(8)16-11(17)6-9-3-2-4-10(15)5-9/h2-5,7H,6H2,1H3,(H,16,17)(H,18,19). The van der Waals surface area contributed by atoms with E-state index in [1.807, 2.05) is 0 Å². The lowest BCUT2D eigenvalue weighted by atomic mass is 10.1. The summed E-state index contributed by atoms with van der Waals surface area (Å²) in [6, 6.07) is 5.74. The number of carbonyl (C=O) groups is 2. The highest BCUT2D eigenvalue weighted by Gasteiger charge is 2.17. The fraction of sp³-hybridized carbons (Fsp3) is 0.143. The molecule has 104 valence electrons. The molecule has 0 unspecified atom stereocenters. The van der Waals surface area contributed by atoms with Crippen molar-refractivity contribution in [2.75, 3.05) is 5.32 Å². The molecule has 0 atom stereocenters. The third-order valence-electron chi connectivity index (χ3n) is 2.69. The number of nitrogens with one attached hydrogen (secondary N) is 1. The van der Waals surface area contributed by atoms with Gasteiger partial charge >= 0.3 is 5.97 Å². The van der Waals surface area contributed by atoms with Gasteiger partial charge in [0.2, 0.25) is 5.91 Å². The highest BCUT2D eigenvalue weighted by atomic mass is 32.1. The Labute approximate surface area is 118 Å². The minimum atomic E-state index is -1.08. The molecule has 20 heavy (non-hydrogen) atoms. The van der Waals surface area contributed by atoms with Crippen LogP contribution in [0.25, 0.3) is 0 Å². The number of halogens is 1. The number of carboxylic acid groups (broad SMARTS) is 1. The number of rotatable bonds is 4. The number of carboxylic acids is 1. The summed E-state index contributed by atoms with van der Waals surface area (Å²) in [4.78, 5) is 23.0. The van der Waals surface area contributed by atoms with Gasteiger partial charge in [-0.05, 0) is 35.6 Å². The van der Waals surface area contributed by atoms with Crippen molar-refractivity contribution >= 4 is 28.9 Å². The number of hydrogen-bond donors (Lipinski definition) is 2. The summed E-state index contributed by atoms with van der Waals surface area (Å²) < 4.78 is 13.0. The second kappa shape index (κ2) is 5.83. The summed E-state index contributed by atoms with van der Waals surface area (Å²) in [6.07, 6.45) is -0.00783. The zero-order valence-electron chi connectivity index (χ0n) is 10.6. The Kier molecular flexibility index (Phi) is 4.14. The van der Waals surface area contributed by atoms with Crippen molar-refractivity contribution < 1.29 is 19.1 Å². The third kappa shape index (κ3) is 3.21. The van der Waals surface area contributed by atoms with Crippen LogP contribution in [0.2, 0.25) is 0 Å². The molecule has 0 radical (unpaired) electrons. The van der Waals surface area contributed by atoms with Gasteiger partial charge in [0.1, 0.15) is 10.7 Å². The molecule has 1 aromatic heterocycles. The molecule has 0 spiro atoms. The Morgan fingerprint density at radius 2 is 2.15 bits per heavy atom. The Morgan fingerprint density at radius 1 is 1.40 bits per heavy atom. The van der Waals surface area contributed by atoms with E-state index in [-0.39, 0.29) is 17.2 Å². The van der Waals surface area contributed by atoms with Gasteiger partial charge in [0.25, 0.3) is 0 Å². The molecule has 2 N–H and O–H groups in total. The van der Waals surface area contributed by atoms with Gasteiger partial charge in [0, 0.05) is 0 Å². The number of aryl methyl sites for hydroxylation is 1. The second-order valence-electron chi connectivity index (χ2n) is 4.28. The summed E-state index contributed by atoms with van der Waals surface area (Å²) in [5, 5.41) is 13.3. The molecule has 0 fully saturated rings. The highest BCUT2D eigenvalue weighted by molar-refractivity contribution is 7.12. The number of hydrogen-bond acceptors (Lipinski definition) is 3. The van der Waals surface area contributed by atoms with Crippen molar-refractivity contribution in [1.82, 2.24) is 0 Å². The first-order valence-electron chi connectivity index (χ1n) is 5.83. The van der Waals surface area contributed by atoms with Crippen LogP contribution >= 0.6 is 11.3 Å². The molecular formula is C14H12FNO3S. The van der Waals surface area contributed by atoms with Crippen LogP contribution in [0.15, 0.2) is 29.6 Å². The number of benzene rings is 1. The van der Waals surface area contributed by atoms with Crippen molar-refractivity contribution in [1.29, 1.82) is 0 Å². The Balaban J connectivity index is 2.12. The quantitative estimate of drug-likeness (QED) is 0.910. The first-order chi connectivity index (χ1) is 9.47. The SMILES string of the molecule is Cc1csc(C(=O)O)c1NC(=O)Cc1cccc(F)c1. The molecule has 6 heteroatoms. The van der Waals surface area contributed by atoms with Crippen LogP contribution in [0.1, 0.15) is 20.8 Å². The molecule has 4 nitrogen and oxygen atoms in total. The van der Waals surface area contributed by atoms with Gasteiger partial charge in [-0.3, -0.25) is 4.79 Å². The van der Waals surface area contributed by atoms with Gasteiger partial charge in [-0.25, -0.2) is 9.18 Å². The summed E-state index contributed by atoms with van der Waals surface area (Å²) in [5.41, 5.74) is 1.54. The van der Waals surface area contributed by atoms with Crippen molar-refractivity contribution in [3.8, 4) is 0 Å². The van der Waals surface area contributed by atoms with Gasteiger partial charge in [-0.15, -0.1) is 11.3 Å². The molecule has 2 aromatic rings. The number of aromatic carboxylic acids is 1. The monoisotopic (exact) mass is 293 g/mol. The smallest absolute Gasteiger partial charge is 0.348 e. The summed E-state index contributed by atoms with van der Waals surface area (Å²) >= 11 is 1.06. The third-order valence-corrected chi connectivity index (χ3v) is 3.77. The van der Waals surface area contributed by atoms with Crippen LogP contribution in [0, 0.1) is 12.7 Å². The van der Waals surface area contributed by atoms with Gasteiger partial charge in [-0.1, -0.05) is 12.1 Å². The van der Waals surface area contributed by atoms with Crippen LogP contribution in [-0.4, -0.2) is 17.0 Å². The van der Waals surface area contributed by atoms with E-state index >= 15 is 0 Å². The molecule has 0 saturated carbocycles. The zero-order chi connectivity index (χ0) is 14.7. The molecule has 0 aliphatic carbocycles. The first-order valence-corrected chi connectivity index (χ1v) is 6.71. The largest absolute Gasteiger partial charge is 0.477 e. The van der Waals surface area contributed by atoms with Gasteiger partial charge < -0.3 is 10.4 Å². The average Bonchev–Trinajstić information content (AvgIpc) is 2.71. The number of carbonyl (C=O) groups excluding carboxylic acids is 1. The maximum Gasteiger partial charge on any atom is 0.348 e. The summed E-state index contributed by atoms with van der Waals surface area (Å²) in [7, 11) is 0. The fourth-order valence-corrected chi connectivity index (χ4v) is 2.62. The summed E-state index contributed by atoms with van der Waals surface area (Å²) in [5.74, 6) is -1.86. The molecule has 0 saturated heterocycles. The van der Waals surface area contributed by atoms with Crippen LogP contribution in [0.4, 0.5) is 10.1 Å². The van der Waals surface area contributed by atoms with Crippen LogP contribution in [0.5, 0.6) is 0 Å². The van der Waals surface area contributed by atoms with Crippen molar-refractivity contribution in [2.45, 2.75) is 13.3 Å². The van der Waals surface area contributed by atoms with E-state index < -0.39 is 11.8 Å². The van der Waals surface area contributed by atoms with Crippen molar-refractivity contribution in [3.63, 3.8) is 0 Å². The summed E-state index contributed by atoms with van der Waals surface area (Å²) in [6.45, 7) is 1.72. The maximum atomic E-state index is 13.0. The highest BCUT2D eigenvalue weighted by Crippen LogP contribution is 2.27. The molecular weight excluding hydrogens is 281 g/mol. The van der Waals surface area contributed by atoms with Gasteiger partial charge in [0.05, 0.1) is 12.1 Å². The Hall–Kier alpha value is -2.21. The topological polar surface area (TPSA) is 66.4 Å². The number of anilines is 1. The average molecular weight is 293 g/mol. The Morgan fingerprint density at radius 3 is 2.80 bits per heavy atom. The zero-order valence-corrected chi connectivity index (χ0v) is 11.5. The van der Waals surface area contributed by atoms with Crippen molar-refractivity contribution in [2.24, 2.45) is 0 Å². The molecule has 0 aliphatic rings. The first kappa shape index (κ1) is 14.2. The van der Waals surface area contributed by atoms with Crippen LogP contribution < -0.4 is 5.32 Å². The molecule has 1 amide bonds. The van der Waals surface area contributed by atoms with E-state index in [2.05, 4.69) is 5.32 Å². The minimum Gasteiger partial charge on any atom is -0.477 e. The molecule has 0 aliphatic heterocycles. The second-order valence-corrected chi connectivity index (χ2v) is 5.16. The normalized spacial score (nSPS) is 10.3. The lowest BCUT2D eigenvalue weighted by Gasteiger charge is -2.06. The molecule has 2 rings (SSSR count). The van der Waals surface area contributed by atoms with E-state index in [1.54, 1.807) is 18.4 Å². The maximum absolute atomic E-state index is 13.0. The van der Waals surface area contributed by atoms with Crippen LogP contribution in [0.3, 0.4) is 0 Å². The van der Waals surface area contributed by atoms with Crippen molar-refractivity contribution in [3.05, 3.63) is 51.5 Å². The van der Waals surface area contributed by atoms with E-state index in [9.17, 15) is 14.0 Å². The molecule has 0 bridgehead atoms. The lowest BCUT2D eigenvalue weighted by molar-refractivity contribution is -0.115. The Bertz CT molecular complexity index is 666. The lowest BCUT2D eigenvalue weighted by Crippen LogP contribution is -2.16. The van der Waals surface area contributed by atoms with Gasteiger partial charge in [0.15, 0.2) is 0 Å². The fourth-order valence-electron chi connectivity index (χ4n) is 1.77. The van der Waals surface area contributed by atoms with E-state index in [1.165, 1.54) is 18.2 Å². The molecule has 1 aromatic carbocycles. The number of thiophene rings is 1. The number of amides is 1. The minimum absolute atomic E-state index is 0.00783. The van der Waals surface area contributed by atoms with E-state index in [0.29, 0.717) is 16.8 Å². The predicted octanol–water partition coefficient (Wildman–Crippen LogP) is 3.08.